The number of allylic oxidation sites excluding steroid dienone is 3. The number of hydrogen-bond donors (Lipinski definition) is 4. The van der Waals surface area contributed by atoms with Crippen molar-refractivity contribution < 1.29 is 24.9 Å². The third kappa shape index (κ3) is 4.06. The number of nitrogens with one attached hydrogen (secondary N) is 1. The average molecular weight is 679 g/mol. The van der Waals surface area contributed by atoms with Gasteiger partial charge in [-0.2, -0.15) is 0 Å². The summed E-state index contributed by atoms with van der Waals surface area (Å²) in [5.41, 5.74) is 6.12. The third-order valence-corrected chi connectivity index (χ3v) is 14.4. The first-order valence-corrected chi connectivity index (χ1v) is 18.6. The molecule has 2 saturated carbocycles. The summed E-state index contributed by atoms with van der Waals surface area (Å²) in [6.07, 6.45) is 13.1. The maximum atomic E-state index is 12.3. The van der Waals surface area contributed by atoms with Crippen LogP contribution in [0.15, 0.2) is 43.1 Å². The maximum Gasteiger partial charge on any atom is 0.220 e. The zero-order valence-corrected chi connectivity index (χ0v) is 31.2. The van der Waals surface area contributed by atoms with E-state index in [9.17, 15) is 20.1 Å². The number of aromatic nitrogens is 1. The van der Waals surface area contributed by atoms with Crippen LogP contribution < -0.4 is 5.32 Å². The fraction of sp³-hybridized carbons (Fsp3) is 0.558. The Morgan fingerprint density at radius 2 is 1.78 bits per heavy atom. The number of rotatable bonds is 4. The molecule has 0 bridgehead atoms. The molecule has 3 heterocycles. The van der Waals surface area contributed by atoms with E-state index >= 15 is 0 Å². The Morgan fingerprint density at radius 3 is 2.46 bits per heavy atom. The summed E-state index contributed by atoms with van der Waals surface area (Å²) in [5, 5.41) is 40.8. The van der Waals surface area contributed by atoms with Crippen LogP contribution >= 0.6 is 0 Å². The number of fused-ring (bicyclic) bond motifs is 11. The van der Waals surface area contributed by atoms with Gasteiger partial charge in [-0.05, 0) is 124 Å². The van der Waals surface area contributed by atoms with E-state index < -0.39 is 28.8 Å². The Kier molecular flexibility index (Phi) is 6.99. The van der Waals surface area contributed by atoms with Gasteiger partial charge >= 0.3 is 0 Å². The summed E-state index contributed by atoms with van der Waals surface area (Å²) in [7, 11) is 0. The van der Waals surface area contributed by atoms with Crippen LogP contribution in [-0.2, 0) is 21.4 Å². The highest BCUT2D eigenvalue weighted by Crippen LogP contribution is 2.71. The van der Waals surface area contributed by atoms with Crippen molar-refractivity contribution in [1.29, 1.82) is 0 Å². The van der Waals surface area contributed by atoms with Crippen LogP contribution in [0.1, 0.15) is 122 Å². The molecule has 3 aromatic rings. The average Bonchev–Trinajstić information content (AvgIpc) is 3.67. The van der Waals surface area contributed by atoms with Gasteiger partial charge in [0.2, 0.25) is 5.91 Å². The first-order chi connectivity index (χ1) is 23.3. The first-order valence-electron chi connectivity index (χ1n) is 18.6. The maximum absolute atomic E-state index is 12.3. The van der Waals surface area contributed by atoms with Gasteiger partial charge in [-0.25, -0.2) is 0 Å². The quantitative estimate of drug-likeness (QED) is 0.209. The van der Waals surface area contributed by atoms with E-state index in [2.05, 4.69) is 83.0 Å². The van der Waals surface area contributed by atoms with Crippen molar-refractivity contribution in [3.8, 4) is 5.75 Å². The summed E-state index contributed by atoms with van der Waals surface area (Å²) in [4.78, 5) is 11.4. The van der Waals surface area contributed by atoms with Crippen LogP contribution in [0.3, 0.4) is 0 Å². The van der Waals surface area contributed by atoms with Crippen LogP contribution in [-0.4, -0.2) is 42.9 Å². The zero-order chi connectivity index (χ0) is 36.1. The largest absolute Gasteiger partial charge is 0.505 e. The lowest BCUT2D eigenvalue weighted by Crippen LogP contribution is -2.62. The lowest BCUT2D eigenvalue weighted by Gasteiger charge is -2.64. The van der Waals surface area contributed by atoms with Gasteiger partial charge in [0.15, 0.2) is 0 Å². The molecule has 0 radical (unpaired) electrons. The predicted molar refractivity (Wildman–Crippen MR) is 199 cm³/mol. The number of carbonyl (C=O) groups is 1. The Hall–Kier alpha value is -3.39. The molecule has 8 rings (SSSR count). The van der Waals surface area contributed by atoms with Gasteiger partial charge in [-0.3, -0.25) is 4.79 Å². The molecule has 8 atom stereocenters. The van der Waals surface area contributed by atoms with Gasteiger partial charge in [0, 0.05) is 51.9 Å². The van der Waals surface area contributed by atoms with Gasteiger partial charge < -0.3 is 29.8 Å². The van der Waals surface area contributed by atoms with Crippen molar-refractivity contribution in [1.82, 2.24) is 9.72 Å². The molecule has 2 unspecified atom stereocenters. The molecule has 4 aliphatic carbocycles. The lowest BCUT2D eigenvalue weighted by atomic mass is 9.40. The van der Waals surface area contributed by atoms with Crippen molar-refractivity contribution in [3.63, 3.8) is 0 Å². The van der Waals surface area contributed by atoms with Crippen molar-refractivity contribution in [3.05, 3.63) is 71.2 Å². The summed E-state index contributed by atoms with van der Waals surface area (Å²) < 4.78 is 8.88. The number of aromatic hydroxyl groups is 1. The fourth-order valence-corrected chi connectivity index (χ4v) is 12.4. The minimum absolute atomic E-state index is 0.115. The summed E-state index contributed by atoms with van der Waals surface area (Å²) in [6, 6.07) is 2.32. The van der Waals surface area contributed by atoms with Crippen LogP contribution in [0.5, 0.6) is 5.75 Å². The van der Waals surface area contributed by atoms with Gasteiger partial charge in [-0.15, -0.1) is 0 Å². The molecule has 0 saturated heterocycles. The van der Waals surface area contributed by atoms with Gasteiger partial charge in [0.05, 0.1) is 34.6 Å². The third-order valence-electron chi connectivity index (χ3n) is 14.4. The van der Waals surface area contributed by atoms with E-state index in [0.29, 0.717) is 12.3 Å². The topological polar surface area (TPSA) is 103 Å². The second-order valence-corrected chi connectivity index (χ2v) is 18.1. The van der Waals surface area contributed by atoms with Gasteiger partial charge in [-0.1, -0.05) is 39.5 Å². The van der Waals surface area contributed by atoms with Crippen LogP contribution in [0.4, 0.5) is 0 Å². The van der Waals surface area contributed by atoms with Crippen molar-refractivity contribution >= 4 is 33.3 Å². The summed E-state index contributed by atoms with van der Waals surface area (Å²) in [5.74, 6) is 0.462. The minimum atomic E-state index is -0.821. The lowest BCUT2D eigenvalue weighted by molar-refractivity contribution is -0.144. The molecule has 1 aliphatic heterocycles. The van der Waals surface area contributed by atoms with E-state index in [4.69, 9.17) is 4.74 Å². The number of aliphatic hydroxyl groups excluding tert-OH is 2. The highest BCUT2D eigenvalue weighted by atomic mass is 16.5. The normalized spacial score (nSPS) is 36.8. The van der Waals surface area contributed by atoms with E-state index in [1.807, 2.05) is 19.1 Å². The number of benzene rings is 1. The van der Waals surface area contributed by atoms with E-state index in [1.54, 1.807) is 6.20 Å². The zero-order valence-electron chi connectivity index (χ0n) is 31.2. The molecule has 1 aromatic carbocycles. The second kappa shape index (κ2) is 10.4. The molecule has 5 aliphatic rings. The van der Waals surface area contributed by atoms with Crippen molar-refractivity contribution in [2.45, 2.75) is 123 Å². The molecule has 0 spiro atoms. The predicted octanol–water partition coefficient (Wildman–Crippen LogP) is 8.12. The molecule has 7 nitrogen and oxygen atoms in total. The molecular formula is C43H54N2O5. The number of hydrogen-bond acceptors (Lipinski definition) is 5. The fourth-order valence-electron chi connectivity index (χ4n) is 12.4. The Balaban J connectivity index is 1.36. The number of ether oxygens (including phenoxy) is 1. The van der Waals surface area contributed by atoms with Crippen LogP contribution in [0.25, 0.3) is 27.4 Å². The summed E-state index contributed by atoms with van der Waals surface area (Å²) >= 11 is 0. The standard InChI is InChI=1S/C43H54N2O5/c1-22(2)34-37(49)32-31-25(28-21-39(4,5)50-40(6,7)33(28)36(31)48)20-26-27-19-24-13-14-29-41(8,16-11-12-18-44-23(3)46)30(47)15-17-42(29,9)43(24,10)38(27)45(34)35(26)32/h11-12,16,18,20-21,24,29-30,33,36,47-49H,1,13-15,17,19H2,2-10H3,(H,44,46)/t24?,29-,30-,33?,36+,41-,42-,43+/m0/s1. The van der Waals surface area contributed by atoms with Crippen LogP contribution in [0, 0.1) is 28.6 Å². The Labute approximate surface area is 296 Å². The smallest absolute Gasteiger partial charge is 0.220 e. The summed E-state index contributed by atoms with van der Waals surface area (Å²) in [6.45, 7) is 23.3. The molecule has 4 N–H and O–H groups in total. The molecule has 50 heavy (non-hydrogen) atoms. The molecular weight excluding hydrogens is 624 g/mol. The Morgan fingerprint density at radius 1 is 1.06 bits per heavy atom. The van der Waals surface area contributed by atoms with Gasteiger partial charge in [0.1, 0.15) is 5.75 Å². The van der Waals surface area contributed by atoms with Crippen molar-refractivity contribution in [2.75, 3.05) is 0 Å². The molecule has 2 aromatic heterocycles. The molecule has 2 fully saturated rings. The SMILES string of the molecule is C=C(C)c1c(O)c2c3c(cc4c5c(n1c42)[C@@]1(C)C(CC[C@H]2[C@](C)(C=CC=CNC(C)=O)[C@@H](O)CC[C@@]21C)C5)C1=CC(C)(C)OC(C)(C)C1[C@@H]3O. The second-order valence-electron chi connectivity index (χ2n) is 18.1. The van der Waals surface area contributed by atoms with E-state index in [1.165, 1.54) is 23.6 Å². The van der Waals surface area contributed by atoms with Gasteiger partial charge in [0.25, 0.3) is 0 Å². The number of nitrogens with zero attached hydrogens (tertiary/aromatic N) is 1. The molecule has 1 amide bonds. The highest BCUT2D eigenvalue weighted by Gasteiger charge is 2.67. The number of carbonyl (C=O) groups excluding carboxylic acids is 1. The first kappa shape index (κ1) is 33.7. The van der Waals surface area contributed by atoms with Crippen LogP contribution in [0.2, 0.25) is 0 Å². The minimum Gasteiger partial charge on any atom is -0.505 e. The molecule has 7 heteroatoms. The highest BCUT2D eigenvalue weighted by molar-refractivity contribution is 6.11. The number of amides is 1. The molecule has 266 valence electrons. The monoisotopic (exact) mass is 678 g/mol. The van der Waals surface area contributed by atoms with E-state index in [-0.39, 0.29) is 34.3 Å². The number of aliphatic hydroxyl groups is 2. The van der Waals surface area contributed by atoms with Crippen molar-refractivity contribution in [2.24, 2.45) is 28.6 Å². The van der Waals surface area contributed by atoms with E-state index in [0.717, 1.165) is 64.6 Å². The Bertz CT molecular complexity index is 2080.